The molecule has 3 aromatic carbocycles. The van der Waals surface area contributed by atoms with E-state index in [9.17, 15) is 4.79 Å². The predicted octanol–water partition coefficient (Wildman–Crippen LogP) is 5.58. The number of nitrogens with zero attached hydrogens (tertiary/aromatic N) is 2. The van der Waals surface area contributed by atoms with Crippen molar-refractivity contribution in [3.63, 3.8) is 0 Å². The van der Waals surface area contributed by atoms with Crippen molar-refractivity contribution < 1.29 is 4.79 Å². The standard InChI is InChI=1S/C28H30N4O/c1-19-15-16-20(2)26(17-19)30-28(33)27(23-11-7-5-8-12-23)29-18-25-21(3)31-32(22(25)4)24-13-9-6-10-14-24/h5-17,27,29H,18H2,1-4H3,(H,30,33)/t27-/m1/s1. The van der Waals surface area contributed by atoms with Crippen LogP contribution in [0.3, 0.4) is 0 Å². The Morgan fingerprint density at radius 2 is 1.58 bits per heavy atom. The van der Waals surface area contributed by atoms with E-state index in [-0.39, 0.29) is 5.91 Å². The Bertz CT molecular complexity index is 1250. The zero-order valence-electron chi connectivity index (χ0n) is 19.6. The van der Waals surface area contributed by atoms with Crippen molar-refractivity contribution in [1.29, 1.82) is 0 Å². The summed E-state index contributed by atoms with van der Waals surface area (Å²) in [7, 11) is 0. The van der Waals surface area contributed by atoms with Crippen LogP contribution in [0.1, 0.15) is 39.7 Å². The molecule has 0 unspecified atom stereocenters. The quantitative estimate of drug-likeness (QED) is 0.396. The van der Waals surface area contributed by atoms with E-state index < -0.39 is 6.04 Å². The number of carbonyl (C=O) groups excluding carboxylic acids is 1. The number of amides is 1. The Kier molecular flexibility index (Phi) is 6.71. The molecule has 2 N–H and O–H groups in total. The summed E-state index contributed by atoms with van der Waals surface area (Å²) < 4.78 is 1.96. The van der Waals surface area contributed by atoms with E-state index in [4.69, 9.17) is 5.10 Å². The fourth-order valence-corrected chi connectivity index (χ4v) is 4.04. The van der Waals surface area contributed by atoms with Crippen LogP contribution in [0.2, 0.25) is 0 Å². The molecule has 1 amide bonds. The molecule has 1 heterocycles. The number of para-hydroxylation sites is 1. The molecule has 168 valence electrons. The number of anilines is 1. The van der Waals surface area contributed by atoms with Crippen molar-refractivity contribution in [2.45, 2.75) is 40.3 Å². The summed E-state index contributed by atoms with van der Waals surface area (Å²) in [6.45, 7) is 8.64. The normalized spacial score (nSPS) is 11.9. The van der Waals surface area contributed by atoms with E-state index in [1.807, 2.05) is 104 Å². The molecule has 5 heteroatoms. The number of aryl methyl sites for hydroxylation is 3. The molecule has 0 saturated heterocycles. The Balaban J connectivity index is 1.59. The van der Waals surface area contributed by atoms with Crippen LogP contribution < -0.4 is 10.6 Å². The fraction of sp³-hybridized carbons (Fsp3) is 0.214. The average molecular weight is 439 g/mol. The van der Waals surface area contributed by atoms with Crippen LogP contribution in [0.5, 0.6) is 0 Å². The Hall–Kier alpha value is -3.70. The fourth-order valence-electron chi connectivity index (χ4n) is 4.04. The first-order chi connectivity index (χ1) is 15.9. The van der Waals surface area contributed by atoms with Gasteiger partial charge in [-0.05, 0) is 62.6 Å². The van der Waals surface area contributed by atoms with E-state index in [1.165, 1.54) is 0 Å². The maximum Gasteiger partial charge on any atom is 0.246 e. The molecule has 33 heavy (non-hydrogen) atoms. The van der Waals surface area contributed by atoms with Crippen molar-refractivity contribution in [2.24, 2.45) is 0 Å². The Morgan fingerprint density at radius 1 is 0.909 bits per heavy atom. The molecule has 4 aromatic rings. The van der Waals surface area contributed by atoms with Gasteiger partial charge in [0.1, 0.15) is 6.04 Å². The molecular formula is C28H30N4O. The number of benzene rings is 3. The molecule has 0 spiro atoms. The lowest BCUT2D eigenvalue weighted by atomic mass is 10.0. The van der Waals surface area contributed by atoms with Gasteiger partial charge in [0.15, 0.2) is 0 Å². The minimum Gasteiger partial charge on any atom is -0.324 e. The minimum atomic E-state index is -0.495. The number of hydrogen-bond acceptors (Lipinski definition) is 3. The van der Waals surface area contributed by atoms with Crippen molar-refractivity contribution in [3.8, 4) is 5.69 Å². The number of rotatable bonds is 7. The lowest BCUT2D eigenvalue weighted by Crippen LogP contribution is -2.33. The van der Waals surface area contributed by atoms with Gasteiger partial charge in [-0.25, -0.2) is 4.68 Å². The van der Waals surface area contributed by atoms with Gasteiger partial charge in [-0.1, -0.05) is 60.7 Å². The SMILES string of the molecule is Cc1ccc(C)c(NC(=O)[C@H](NCc2c(C)nn(-c3ccccc3)c2C)c2ccccc2)c1. The van der Waals surface area contributed by atoms with Gasteiger partial charge in [0.05, 0.1) is 11.4 Å². The van der Waals surface area contributed by atoms with Gasteiger partial charge < -0.3 is 5.32 Å². The molecule has 4 rings (SSSR count). The van der Waals surface area contributed by atoms with Crippen LogP contribution in [-0.2, 0) is 11.3 Å². The summed E-state index contributed by atoms with van der Waals surface area (Å²) >= 11 is 0. The van der Waals surface area contributed by atoms with Gasteiger partial charge >= 0.3 is 0 Å². The molecule has 1 aromatic heterocycles. The monoisotopic (exact) mass is 438 g/mol. The van der Waals surface area contributed by atoms with Crippen LogP contribution in [0.15, 0.2) is 78.9 Å². The number of hydrogen-bond donors (Lipinski definition) is 2. The van der Waals surface area contributed by atoms with Crippen LogP contribution in [-0.4, -0.2) is 15.7 Å². The molecule has 0 aliphatic heterocycles. The zero-order valence-corrected chi connectivity index (χ0v) is 19.6. The van der Waals surface area contributed by atoms with Gasteiger partial charge in [-0.3, -0.25) is 10.1 Å². The highest BCUT2D eigenvalue weighted by Gasteiger charge is 2.22. The van der Waals surface area contributed by atoms with Gasteiger partial charge in [0.2, 0.25) is 5.91 Å². The molecule has 0 bridgehead atoms. The summed E-state index contributed by atoms with van der Waals surface area (Å²) in [4.78, 5) is 13.4. The molecule has 1 atom stereocenters. The average Bonchev–Trinajstić information content (AvgIpc) is 3.11. The Labute approximate surface area is 195 Å². The lowest BCUT2D eigenvalue weighted by Gasteiger charge is -2.20. The third-order valence-electron chi connectivity index (χ3n) is 5.97. The van der Waals surface area contributed by atoms with Crippen molar-refractivity contribution in [3.05, 3.63) is 113 Å². The predicted molar refractivity (Wildman–Crippen MR) is 134 cm³/mol. The van der Waals surface area contributed by atoms with E-state index in [2.05, 4.69) is 17.6 Å². The molecule has 5 nitrogen and oxygen atoms in total. The topological polar surface area (TPSA) is 59.0 Å². The first-order valence-corrected chi connectivity index (χ1v) is 11.2. The van der Waals surface area contributed by atoms with Crippen LogP contribution in [0.25, 0.3) is 5.69 Å². The maximum absolute atomic E-state index is 13.4. The third-order valence-corrected chi connectivity index (χ3v) is 5.97. The second-order valence-electron chi connectivity index (χ2n) is 8.43. The summed E-state index contributed by atoms with van der Waals surface area (Å²) in [6, 6.07) is 25.5. The summed E-state index contributed by atoms with van der Waals surface area (Å²) in [5, 5.41) is 11.4. The van der Waals surface area contributed by atoms with Crippen LogP contribution >= 0.6 is 0 Å². The van der Waals surface area contributed by atoms with Crippen molar-refractivity contribution >= 4 is 11.6 Å². The van der Waals surface area contributed by atoms with Gasteiger partial charge in [-0.15, -0.1) is 0 Å². The third kappa shape index (κ3) is 5.04. The lowest BCUT2D eigenvalue weighted by molar-refractivity contribution is -0.118. The first kappa shape index (κ1) is 22.5. The highest BCUT2D eigenvalue weighted by molar-refractivity contribution is 5.96. The molecule has 0 saturated carbocycles. The van der Waals surface area contributed by atoms with E-state index in [0.717, 1.165) is 45.0 Å². The maximum atomic E-state index is 13.4. The van der Waals surface area contributed by atoms with Gasteiger partial charge in [0, 0.05) is 23.5 Å². The molecule has 0 aliphatic carbocycles. The van der Waals surface area contributed by atoms with Crippen molar-refractivity contribution in [2.75, 3.05) is 5.32 Å². The largest absolute Gasteiger partial charge is 0.324 e. The van der Waals surface area contributed by atoms with Crippen LogP contribution in [0.4, 0.5) is 5.69 Å². The summed E-state index contributed by atoms with van der Waals surface area (Å²) in [5.41, 5.74) is 8.05. The Morgan fingerprint density at radius 3 is 2.27 bits per heavy atom. The highest BCUT2D eigenvalue weighted by Crippen LogP contribution is 2.22. The second kappa shape index (κ2) is 9.84. The smallest absolute Gasteiger partial charge is 0.246 e. The minimum absolute atomic E-state index is 0.0827. The second-order valence-corrected chi connectivity index (χ2v) is 8.43. The van der Waals surface area contributed by atoms with Gasteiger partial charge in [0.25, 0.3) is 0 Å². The van der Waals surface area contributed by atoms with E-state index >= 15 is 0 Å². The highest BCUT2D eigenvalue weighted by atomic mass is 16.2. The summed E-state index contributed by atoms with van der Waals surface area (Å²) in [6.07, 6.45) is 0. The molecule has 0 aliphatic rings. The molecular weight excluding hydrogens is 408 g/mol. The number of aromatic nitrogens is 2. The molecule has 0 fully saturated rings. The zero-order chi connectivity index (χ0) is 23.4. The van der Waals surface area contributed by atoms with Crippen LogP contribution in [0, 0.1) is 27.7 Å². The number of nitrogens with one attached hydrogen (secondary N) is 2. The van der Waals surface area contributed by atoms with E-state index in [0.29, 0.717) is 6.54 Å². The first-order valence-electron chi connectivity index (χ1n) is 11.2. The van der Waals surface area contributed by atoms with Crippen molar-refractivity contribution in [1.82, 2.24) is 15.1 Å². The van der Waals surface area contributed by atoms with Gasteiger partial charge in [-0.2, -0.15) is 5.10 Å². The number of carbonyl (C=O) groups is 1. The van der Waals surface area contributed by atoms with E-state index in [1.54, 1.807) is 0 Å². The molecule has 0 radical (unpaired) electrons. The summed E-state index contributed by atoms with van der Waals surface area (Å²) in [5.74, 6) is -0.0827.